The van der Waals surface area contributed by atoms with Crippen molar-refractivity contribution in [1.29, 1.82) is 5.26 Å². The van der Waals surface area contributed by atoms with Gasteiger partial charge in [0, 0.05) is 18.0 Å². The number of anilines is 1. The summed E-state index contributed by atoms with van der Waals surface area (Å²) in [7, 11) is 0. The molecule has 0 atom stereocenters. The summed E-state index contributed by atoms with van der Waals surface area (Å²) in [6.07, 6.45) is -1.53. The van der Waals surface area contributed by atoms with E-state index in [2.05, 4.69) is 10.4 Å². The van der Waals surface area contributed by atoms with Crippen LogP contribution in [0.3, 0.4) is 0 Å². The number of hydrogen-bond acceptors (Lipinski definition) is 3. The van der Waals surface area contributed by atoms with E-state index in [0.29, 0.717) is 0 Å². The first-order valence-corrected chi connectivity index (χ1v) is 7.41. The van der Waals surface area contributed by atoms with Crippen molar-refractivity contribution in [2.45, 2.75) is 6.18 Å². The third-order valence-electron chi connectivity index (χ3n) is 3.58. The second kappa shape index (κ2) is 6.72. The van der Waals surface area contributed by atoms with Gasteiger partial charge in [0.1, 0.15) is 0 Å². The number of amides is 1. The van der Waals surface area contributed by atoms with Crippen molar-refractivity contribution in [1.82, 2.24) is 9.78 Å². The molecule has 0 unspecified atom stereocenters. The number of nitriles is 1. The molecule has 0 aliphatic rings. The SMILES string of the molecule is N#Cc1cccc(C(=O)Nc2cc(C(F)(F)F)ccc2-n2cccn2)c1. The molecule has 0 spiro atoms. The molecular weight excluding hydrogens is 345 g/mol. The van der Waals surface area contributed by atoms with Crippen LogP contribution in [0.1, 0.15) is 21.5 Å². The highest BCUT2D eigenvalue weighted by Crippen LogP contribution is 2.33. The number of carbonyl (C=O) groups is 1. The largest absolute Gasteiger partial charge is 0.416 e. The summed E-state index contributed by atoms with van der Waals surface area (Å²) in [6.45, 7) is 0. The van der Waals surface area contributed by atoms with Crippen molar-refractivity contribution in [3.63, 3.8) is 0 Å². The number of rotatable bonds is 3. The van der Waals surface area contributed by atoms with Crippen molar-refractivity contribution < 1.29 is 18.0 Å². The van der Waals surface area contributed by atoms with Crippen LogP contribution in [0.4, 0.5) is 18.9 Å². The quantitative estimate of drug-likeness (QED) is 0.771. The van der Waals surface area contributed by atoms with Crippen LogP contribution in [0.2, 0.25) is 0 Å². The topological polar surface area (TPSA) is 70.7 Å². The van der Waals surface area contributed by atoms with E-state index in [1.807, 2.05) is 6.07 Å². The van der Waals surface area contributed by atoms with E-state index in [-0.39, 0.29) is 22.5 Å². The molecule has 8 heteroatoms. The average Bonchev–Trinajstić information content (AvgIpc) is 3.15. The highest BCUT2D eigenvalue weighted by atomic mass is 19.4. The van der Waals surface area contributed by atoms with Crippen LogP contribution in [0, 0.1) is 11.3 Å². The predicted octanol–water partition coefficient (Wildman–Crippen LogP) is 4.02. The van der Waals surface area contributed by atoms with Crippen LogP contribution in [0.25, 0.3) is 5.69 Å². The highest BCUT2D eigenvalue weighted by Gasteiger charge is 2.31. The number of carbonyl (C=O) groups excluding carboxylic acids is 1. The minimum Gasteiger partial charge on any atom is -0.320 e. The van der Waals surface area contributed by atoms with Crippen LogP contribution in [-0.4, -0.2) is 15.7 Å². The summed E-state index contributed by atoms with van der Waals surface area (Å²) >= 11 is 0. The van der Waals surface area contributed by atoms with Crippen LogP contribution < -0.4 is 5.32 Å². The van der Waals surface area contributed by atoms with E-state index < -0.39 is 17.6 Å². The van der Waals surface area contributed by atoms with Gasteiger partial charge < -0.3 is 5.32 Å². The molecular formula is C18H11F3N4O. The second-order valence-electron chi connectivity index (χ2n) is 5.33. The molecule has 0 saturated carbocycles. The lowest BCUT2D eigenvalue weighted by atomic mass is 10.1. The second-order valence-corrected chi connectivity index (χ2v) is 5.33. The van der Waals surface area contributed by atoms with E-state index in [1.54, 1.807) is 12.3 Å². The molecule has 130 valence electrons. The zero-order chi connectivity index (χ0) is 18.7. The van der Waals surface area contributed by atoms with Gasteiger partial charge in [-0.05, 0) is 42.5 Å². The van der Waals surface area contributed by atoms with Crippen molar-refractivity contribution in [2.24, 2.45) is 0 Å². The maximum absolute atomic E-state index is 13.0. The predicted molar refractivity (Wildman–Crippen MR) is 87.7 cm³/mol. The van der Waals surface area contributed by atoms with Gasteiger partial charge in [0.15, 0.2) is 0 Å². The summed E-state index contributed by atoms with van der Waals surface area (Å²) < 4.78 is 40.4. The lowest BCUT2D eigenvalue weighted by Gasteiger charge is -2.15. The fourth-order valence-electron chi connectivity index (χ4n) is 2.35. The van der Waals surface area contributed by atoms with Crippen molar-refractivity contribution in [2.75, 3.05) is 5.32 Å². The normalized spacial score (nSPS) is 11.0. The first-order chi connectivity index (χ1) is 12.4. The Bertz CT molecular complexity index is 988. The maximum atomic E-state index is 13.0. The van der Waals surface area contributed by atoms with Crippen molar-refractivity contribution in [3.8, 4) is 11.8 Å². The zero-order valence-corrected chi connectivity index (χ0v) is 13.2. The monoisotopic (exact) mass is 356 g/mol. The van der Waals surface area contributed by atoms with Crippen LogP contribution in [0.5, 0.6) is 0 Å². The summed E-state index contributed by atoms with van der Waals surface area (Å²) in [4.78, 5) is 12.4. The summed E-state index contributed by atoms with van der Waals surface area (Å²) in [5.74, 6) is -0.630. The molecule has 0 bridgehead atoms. The summed E-state index contributed by atoms with van der Waals surface area (Å²) in [5.41, 5.74) is -0.222. The number of hydrogen-bond donors (Lipinski definition) is 1. The number of nitrogens with one attached hydrogen (secondary N) is 1. The number of halogens is 3. The van der Waals surface area contributed by atoms with E-state index in [1.165, 1.54) is 41.2 Å². The Kier molecular flexibility index (Phi) is 4.45. The zero-order valence-electron chi connectivity index (χ0n) is 13.2. The van der Waals surface area contributed by atoms with Gasteiger partial charge in [-0.25, -0.2) is 4.68 Å². The Morgan fingerprint density at radius 1 is 1.15 bits per heavy atom. The number of aromatic nitrogens is 2. The Labute approximate surface area is 146 Å². The van der Waals surface area contributed by atoms with Crippen LogP contribution >= 0.6 is 0 Å². The van der Waals surface area contributed by atoms with Gasteiger partial charge in [-0.15, -0.1) is 0 Å². The molecule has 0 saturated heterocycles. The molecule has 3 aromatic rings. The van der Waals surface area contributed by atoms with Gasteiger partial charge in [-0.1, -0.05) is 6.07 Å². The van der Waals surface area contributed by atoms with Crippen molar-refractivity contribution >= 4 is 11.6 Å². The van der Waals surface area contributed by atoms with Gasteiger partial charge in [0.05, 0.1) is 28.6 Å². The molecule has 0 radical (unpaired) electrons. The van der Waals surface area contributed by atoms with E-state index in [4.69, 9.17) is 5.26 Å². The molecule has 1 heterocycles. The maximum Gasteiger partial charge on any atom is 0.416 e. The lowest BCUT2D eigenvalue weighted by Crippen LogP contribution is -2.15. The van der Waals surface area contributed by atoms with Gasteiger partial charge in [0.25, 0.3) is 5.91 Å². The van der Waals surface area contributed by atoms with E-state index in [9.17, 15) is 18.0 Å². The third-order valence-corrected chi connectivity index (χ3v) is 3.58. The van der Waals surface area contributed by atoms with Gasteiger partial charge in [0.2, 0.25) is 0 Å². The van der Waals surface area contributed by atoms with Crippen LogP contribution in [-0.2, 0) is 6.18 Å². The average molecular weight is 356 g/mol. The smallest absolute Gasteiger partial charge is 0.320 e. The Balaban J connectivity index is 2.01. The fourth-order valence-corrected chi connectivity index (χ4v) is 2.35. The number of nitrogens with zero attached hydrogens (tertiary/aromatic N) is 3. The fraction of sp³-hybridized carbons (Fsp3) is 0.0556. The Morgan fingerprint density at radius 3 is 2.62 bits per heavy atom. The van der Waals surface area contributed by atoms with Crippen molar-refractivity contribution in [3.05, 3.63) is 77.6 Å². The highest BCUT2D eigenvalue weighted by molar-refractivity contribution is 6.05. The van der Waals surface area contributed by atoms with E-state index in [0.717, 1.165) is 12.1 Å². The first-order valence-electron chi connectivity index (χ1n) is 7.41. The molecule has 0 aliphatic carbocycles. The first kappa shape index (κ1) is 17.2. The molecule has 2 aromatic carbocycles. The molecule has 1 aromatic heterocycles. The molecule has 1 amide bonds. The Morgan fingerprint density at radius 2 is 1.96 bits per heavy atom. The van der Waals surface area contributed by atoms with Crippen LogP contribution in [0.15, 0.2) is 60.9 Å². The lowest BCUT2D eigenvalue weighted by molar-refractivity contribution is -0.137. The minimum absolute atomic E-state index is 0.0455. The number of benzene rings is 2. The number of alkyl halides is 3. The Hall–Kier alpha value is -3.60. The molecule has 0 fully saturated rings. The molecule has 1 N–H and O–H groups in total. The minimum atomic E-state index is -4.55. The summed E-state index contributed by atoms with van der Waals surface area (Å²) in [6, 6.07) is 12.4. The van der Waals surface area contributed by atoms with Gasteiger partial charge in [-0.3, -0.25) is 4.79 Å². The molecule has 3 rings (SSSR count). The molecule has 26 heavy (non-hydrogen) atoms. The van der Waals surface area contributed by atoms with E-state index >= 15 is 0 Å². The summed E-state index contributed by atoms with van der Waals surface area (Å²) in [5, 5.41) is 15.4. The van der Waals surface area contributed by atoms with Gasteiger partial charge in [-0.2, -0.15) is 23.5 Å². The van der Waals surface area contributed by atoms with Gasteiger partial charge >= 0.3 is 6.18 Å². The third kappa shape index (κ3) is 3.57. The standard InChI is InChI=1S/C18H11F3N4O/c19-18(20,21)14-5-6-16(25-8-2-7-23-25)15(10-14)24-17(26)13-4-1-3-12(9-13)11-22/h1-10H,(H,24,26). The molecule has 5 nitrogen and oxygen atoms in total. The molecule has 0 aliphatic heterocycles.